The normalized spacial score (nSPS) is 9.00. The summed E-state index contributed by atoms with van der Waals surface area (Å²) in [5.74, 6) is 0. The van der Waals surface area contributed by atoms with Crippen LogP contribution in [0, 0.1) is 41.5 Å². The smallest absolute Gasteiger partial charge is 0.0588 e. The van der Waals surface area contributed by atoms with Crippen LogP contribution in [-0.2, 0) is 0 Å². The van der Waals surface area contributed by atoms with E-state index in [2.05, 4.69) is 39.9 Å². The second-order valence-electron chi connectivity index (χ2n) is 6.22. The van der Waals surface area contributed by atoms with Gasteiger partial charge in [0.25, 0.3) is 0 Å². The Hall–Kier alpha value is -3.68. The average Bonchev–Trinajstić information content (AvgIpc) is 2.76. The third-order valence-electron chi connectivity index (χ3n) is 3.39. The second-order valence-corrected chi connectivity index (χ2v) is 6.22. The average molecular weight is 405 g/mol. The molecule has 0 fully saturated rings. The summed E-state index contributed by atoms with van der Waals surface area (Å²) in [5, 5.41) is 0. The predicted molar refractivity (Wildman–Crippen MR) is 117 cm³/mol. The first-order chi connectivity index (χ1) is 14.4. The van der Waals surface area contributed by atoms with Gasteiger partial charge in [0.05, 0.1) is 34.2 Å². The molecule has 0 N–H and O–H groups in total. The second kappa shape index (κ2) is 14.3. The fourth-order valence-electron chi connectivity index (χ4n) is 1.74. The van der Waals surface area contributed by atoms with Gasteiger partial charge in [0.15, 0.2) is 0 Å². The quantitative estimate of drug-likeness (QED) is 0.436. The molecule has 30 heavy (non-hydrogen) atoms. The molecular weight excluding hydrogens is 376 g/mol. The van der Waals surface area contributed by atoms with E-state index in [1.807, 2.05) is 41.5 Å². The summed E-state index contributed by atoms with van der Waals surface area (Å²) in [4.78, 5) is 31.5. The van der Waals surface area contributed by atoms with Crippen molar-refractivity contribution in [1.29, 1.82) is 0 Å². The number of aryl methyl sites for hydroxylation is 6. The van der Waals surface area contributed by atoms with E-state index in [0.29, 0.717) is 0 Å². The maximum atomic E-state index is 4.21. The van der Waals surface area contributed by atoms with E-state index in [-0.39, 0.29) is 0 Å². The minimum Gasteiger partial charge on any atom is -0.262 e. The summed E-state index contributed by atoms with van der Waals surface area (Å²) in [6.07, 6.45) is 16.9. The van der Waals surface area contributed by atoms with Crippen molar-refractivity contribution in [3.8, 4) is 0 Å². The molecule has 0 aliphatic carbocycles. The van der Waals surface area contributed by atoms with Crippen molar-refractivity contribution >= 4 is 0 Å². The third kappa shape index (κ3) is 11.9. The summed E-state index contributed by atoms with van der Waals surface area (Å²) in [7, 11) is 0. The molecule has 8 nitrogen and oxygen atoms in total. The number of hydrogen-bond donors (Lipinski definition) is 0. The lowest BCUT2D eigenvalue weighted by Gasteiger charge is -1.96. The van der Waals surface area contributed by atoms with E-state index in [1.54, 1.807) is 62.0 Å². The Morgan fingerprint density at radius 1 is 0.400 bits per heavy atom. The Labute approximate surface area is 178 Å². The van der Waals surface area contributed by atoms with Crippen LogP contribution in [-0.4, -0.2) is 39.9 Å². The zero-order chi connectivity index (χ0) is 22.2. The highest BCUT2D eigenvalue weighted by atomic mass is 14.8. The minimum atomic E-state index is 0.961. The van der Waals surface area contributed by atoms with Gasteiger partial charge in [-0.25, -0.2) is 0 Å². The van der Waals surface area contributed by atoms with Gasteiger partial charge < -0.3 is 0 Å². The molecule has 4 aromatic rings. The van der Waals surface area contributed by atoms with Crippen molar-refractivity contribution in [3.05, 3.63) is 96.1 Å². The summed E-state index contributed by atoms with van der Waals surface area (Å²) in [6.45, 7) is 11.6. The highest BCUT2D eigenvalue weighted by molar-refractivity contribution is 5.09. The summed E-state index contributed by atoms with van der Waals surface area (Å²) >= 11 is 0. The molecular formula is C22H28N8. The summed E-state index contributed by atoms with van der Waals surface area (Å²) in [6, 6.07) is 0. The van der Waals surface area contributed by atoms with Crippen molar-refractivity contribution in [2.45, 2.75) is 41.5 Å². The van der Waals surface area contributed by atoms with Crippen LogP contribution in [0.2, 0.25) is 0 Å². The van der Waals surface area contributed by atoms with Gasteiger partial charge in [-0.1, -0.05) is 0 Å². The minimum absolute atomic E-state index is 0.961. The number of aromatic nitrogens is 8. The summed E-state index contributed by atoms with van der Waals surface area (Å²) < 4.78 is 0. The van der Waals surface area contributed by atoms with Crippen LogP contribution in [0.25, 0.3) is 0 Å². The van der Waals surface area contributed by atoms with Crippen LogP contribution in [0.4, 0.5) is 0 Å². The largest absolute Gasteiger partial charge is 0.262 e. The first kappa shape index (κ1) is 24.4. The van der Waals surface area contributed by atoms with Crippen molar-refractivity contribution in [1.82, 2.24) is 39.9 Å². The van der Waals surface area contributed by atoms with Crippen molar-refractivity contribution in [3.63, 3.8) is 0 Å². The third-order valence-corrected chi connectivity index (χ3v) is 3.39. The van der Waals surface area contributed by atoms with E-state index < -0.39 is 0 Å². The van der Waals surface area contributed by atoms with Crippen molar-refractivity contribution in [2.24, 2.45) is 0 Å². The van der Waals surface area contributed by atoms with Crippen LogP contribution >= 0.6 is 0 Å². The Morgan fingerprint density at radius 2 is 0.867 bits per heavy atom. The molecule has 8 heteroatoms. The fraction of sp³-hybridized carbons (Fsp3) is 0.273. The van der Waals surface area contributed by atoms with Gasteiger partial charge in [0, 0.05) is 62.0 Å². The van der Waals surface area contributed by atoms with E-state index in [4.69, 9.17) is 0 Å². The Bertz CT molecular complexity index is 898. The van der Waals surface area contributed by atoms with Crippen LogP contribution in [0.15, 0.2) is 62.0 Å². The molecule has 0 aromatic carbocycles. The highest BCUT2D eigenvalue weighted by Crippen LogP contribution is 1.98. The first-order valence-electron chi connectivity index (χ1n) is 9.33. The van der Waals surface area contributed by atoms with Gasteiger partial charge in [0.1, 0.15) is 0 Å². The Balaban J connectivity index is 0.000000202. The fourth-order valence-corrected chi connectivity index (χ4v) is 1.74. The van der Waals surface area contributed by atoms with Crippen molar-refractivity contribution in [2.75, 3.05) is 0 Å². The van der Waals surface area contributed by atoms with E-state index in [1.165, 1.54) is 0 Å². The van der Waals surface area contributed by atoms with Gasteiger partial charge in [-0.15, -0.1) is 0 Å². The van der Waals surface area contributed by atoms with Gasteiger partial charge >= 0.3 is 0 Å². The molecule has 4 heterocycles. The molecule has 0 spiro atoms. The van der Waals surface area contributed by atoms with Gasteiger partial charge in [-0.2, -0.15) is 0 Å². The van der Waals surface area contributed by atoms with Gasteiger partial charge in [0.2, 0.25) is 0 Å². The molecule has 0 atom stereocenters. The number of hydrogen-bond acceptors (Lipinski definition) is 8. The Morgan fingerprint density at radius 3 is 1.17 bits per heavy atom. The predicted octanol–water partition coefficient (Wildman–Crippen LogP) is 3.76. The summed E-state index contributed by atoms with van der Waals surface area (Å²) in [5.41, 5.74) is 5.92. The molecule has 0 radical (unpaired) electrons. The van der Waals surface area contributed by atoms with Crippen LogP contribution in [0.5, 0.6) is 0 Å². The monoisotopic (exact) mass is 404 g/mol. The van der Waals surface area contributed by atoms with E-state index in [0.717, 1.165) is 34.2 Å². The molecule has 4 rings (SSSR count). The zero-order valence-electron chi connectivity index (χ0n) is 18.4. The van der Waals surface area contributed by atoms with E-state index >= 15 is 0 Å². The number of rotatable bonds is 0. The lowest BCUT2D eigenvalue weighted by Crippen LogP contribution is -1.92. The van der Waals surface area contributed by atoms with E-state index in [9.17, 15) is 0 Å². The molecule has 0 unspecified atom stereocenters. The maximum absolute atomic E-state index is 4.21. The SMILES string of the molecule is Cc1cnc(C)c(C)n1.Cc1cnc(C)cn1.Cc1cnccn1.c1cnccn1. The number of nitrogens with zero attached hydrogens (tertiary/aromatic N) is 8. The molecule has 4 aromatic heterocycles. The molecule has 0 saturated carbocycles. The molecule has 0 aliphatic heterocycles. The topological polar surface area (TPSA) is 103 Å². The van der Waals surface area contributed by atoms with Crippen molar-refractivity contribution < 1.29 is 0 Å². The van der Waals surface area contributed by atoms with Crippen LogP contribution in [0.1, 0.15) is 34.2 Å². The lowest BCUT2D eigenvalue weighted by molar-refractivity contribution is 1.00. The van der Waals surface area contributed by atoms with Gasteiger partial charge in [-0.3, -0.25) is 39.9 Å². The highest BCUT2D eigenvalue weighted by Gasteiger charge is 1.92. The van der Waals surface area contributed by atoms with Crippen LogP contribution < -0.4 is 0 Å². The first-order valence-corrected chi connectivity index (χ1v) is 9.33. The standard InChI is InChI=1S/C7H10N2.C6H8N2.C5H6N2.C4H4N2/c1-5-4-8-6(2)7(3)9-5;1-5-3-8-6(2)4-7-5;1-5-4-6-2-3-7-5;1-2-6-4-3-5-1/h4H,1-3H3;3-4H,1-2H3;2-4H,1H3;1-4H. The molecule has 0 aliphatic rings. The molecule has 156 valence electrons. The van der Waals surface area contributed by atoms with Gasteiger partial charge in [-0.05, 0) is 41.5 Å². The molecule has 0 bridgehead atoms. The van der Waals surface area contributed by atoms with Crippen LogP contribution in [0.3, 0.4) is 0 Å². The molecule has 0 saturated heterocycles. The maximum Gasteiger partial charge on any atom is 0.0588 e. The Kier molecular flexibility index (Phi) is 11.6. The molecule has 0 amide bonds. The zero-order valence-corrected chi connectivity index (χ0v) is 18.4. The lowest BCUT2D eigenvalue weighted by atomic mass is 10.3.